The molecule has 2 aromatic heterocycles. The minimum Gasteiger partial charge on any atom is -0.461 e. The molecule has 8 nitrogen and oxygen atoms in total. The maximum atomic E-state index is 12.6. The Balaban J connectivity index is 1.48. The third-order valence-corrected chi connectivity index (χ3v) is 5.50. The number of hydrogen-bond donors (Lipinski definition) is 1. The van der Waals surface area contributed by atoms with Gasteiger partial charge in [0.1, 0.15) is 0 Å². The van der Waals surface area contributed by atoms with Gasteiger partial charge in [0, 0.05) is 6.07 Å². The van der Waals surface area contributed by atoms with Gasteiger partial charge >= 0.3 is 0 Å². The number of carbonyl (C=O) groups excluding carboxylic acids is 3. The average Bonchev–Trinajstić information content (AvgIpc) is 3.37. The van der Waals surface area contributed by atoms with Crippen LogP contribution in [0.2, 0.25) is 0 Å². The largest absolute Gasteiger partial charge is 0.461 e. The van der Waals surface area contributed by atoms with Crippen LogP contribution in [0.3, 0.4) is 0 Å². The summed E-state index contributed by atoms with van der Waals surface area (Å²) in [5.74, 6) is 0.438. The maximum absolute atomic E-state index is 12.6. The van der Waals surface area contributed by atoms with Gasteiger partial charge in [0.15, 0.2) is 11.5 Å². The Morgan fingerprint density at radius 1 is 1.27 bits per heavy atom. The summed E-state index contributed by atoms with van der Waals surface area (Å²) in [5, 5.41) is 6.47. The summed E-state index contributed by atoms with van der Waals surface area (Å²) in [6.07, 6.45) is 4.76. The minimum atomic E-state index is -0.393. The molecule has 1 N–H and O–H groups in total. The van der Waals surface area contributed by atoms with Gasteiger partial charge in [-0.2, -0.15) is 0 Å². The van der Waals surface area contributed by atoms with E-state index in [1.165, 1.54) is 17.2 Å². The Bertz CT molecular complexity index is 815. The van der Waals surface area contributed by atoms with E-state index in [9.17, 15) is 14.4 Å². The summed E-state index contributed by atoms with van der Waals surface area (Å²) in [6, 6.07) is 4.34. The first kappa shape index (κ1) is 16.9. The van der Waals surface area contributed by atoms with Crippen molar-refractivity contribution in [1.82, 2.24) is 15.4 Å². The standard InChI is InChI=1S/C17H17N3O5S/c21-15-9-26-17(23)20(15)12-5-2-1-4-10(12)18-16(22)11-8-14(25-19-11)13-6-3-7-24-13/h3,6-8,10,12H,1-2,4-5,9H2,(H,18,22)/t10-,12-/m0/s1. The van der Waals surface area contributed by atoms with Gasteiger partial charge in [-0.05, 0) is 25.0 Å². The summed E-state index contributed by atoms with van der Waals surface area (Å²) in [5.41, 5.74) is 0.133. The Kier molecular flexibility index (Phi) is 4.54. The van der Waals surface area contributed by atoms with Crippen molar-refractivity contribution >= 4 is 28.8 Å². The van der Waals surface area contributed by atoms with Gasteiger partial charge in [-0.1, -0.05) is 29.8 Å². The lowest BCUT2D eigenvalue weighted by Crippen LogP contribution is -2.54. The smallest absolute Gasteiger partial charge is 0.289 e. The monoisotopic (exact) mass is 375 g/mol. The lowest BCUT2D eigenvalue weighted by molar-refractivity contribution is -0.127. The average molecular weight is 375 g/mol. The zero-order chi connectivity index (χ0) is 18.1. The number of hydrogen-bond acceptors (Lipinski definition) is 7. The van der Waals surface area contributed by atoms with Crippen molar-refractivity contribution < 1.29 is 23.3 Å². The van der Waals surface area contributed by atoms with E-state index >= 15 is 0 Å². The molecule has 2 fully saturated rings. The zero-order valence-electron chi connectivity index (χ0n) is 13.8. The van der Waals surface area contributed by atoms with Crippen molar-refractivity contribution in [2.75, 3.05) is 5.75 Å². The van der Waals surface area contributed by atoms with E-state index in [2.05, 4.69) is 10.5 Å². The number of amides is 3. The summed E-state index contributed by atoms with van der Waals surface area (Å²) in [6.45, 7) is 0. The number of nitrogens with zero attached hydrogens (tertiary/aromatic N) is 2. The molecule has 4 rings (SSSR count). The van der Waals surface area contributed by atoms with Gasteiger partial charge in [-0.25, -0.2) is 0 Å². The molecular weight excluding hydrogens is 358 g/mol. The van der Waals surface area contributed by atoms with E-state index in [0.717, 1.165) is 24.6 Å². The van der Waals surface area contributed by atoms with Crippen LogP contribution in [-0.2, 0) is 4.79 Å². The number of thioether (sulfide) groups is 1. The molecule has 136 valence electrons. The second-order valence-corrected chi connectivity index (χ2v) is 7.23. The van der Waals surface area contributed by atoms with E-state index in [4.69, 9.17) is 8.94 Å². The summed E-state index contributed by atoms with van der Waals surface area (Å²) >= 11 is 1.01. The molecule has 0 unspecified atom stereocenters. The van der Waals surface area contributed by atoms with Crippen LogP contribution in [0.25, 0.3) is 11.5 Å². The van der Waals surface area contributed by atoms with Crippen LogP contribution >= 0.6 is 11.8 Å². The molecule has 0 bridgehead atoms. The molecule has 1 saturated carbocycles. The molecule has 2 aromatic rings. The Labute approximate surface area is 153 Å². The zero-order valence-corrected chi connectivity index (χ0v) is 14.7. The minimum absolute atomic E-state index is 0.133. The topological polar surface area (TPSA) is 106 Å². The van der Waals surface area contributed by atoms with Crippen LogP contribution in [0.4, 0.5) is 4.79 Å². The number of imide groups is 1. The van der Waals surface area contributed by atoms with Crippen LogP contribution in [0.1, 0.15) is 36.2 Å². The third-order valence-electron chi connectivity index (χ3n) is 4.67. The second-order valence-electron chi connectivity index (χ2n) is 6.30. The molecule has 0 aromatic carbocycles. The normalized spacial score (nSPS) is 23.5. The molecule has 1 aliphatic heterocycles. The van der Waals surface area contributed by atoms with Crippen molar-refractivity contribution in [3.8, 4) is 11.5 Å². The first-order valence-corrected chi connectivity index (χ1v) is 9.42. The van der Waals surface area contributed by atoms with Gasteiger partial charge in [-0.15, -0.1) is 0 Å². The first-order chi connectivity index (χ1) is 12.6. The maximum Gasteiger partial charge on any atom is 0.289 e. The molecule has 0 radical (unpaired) electrons. The fourth-order valence-electron chi connectivity index (χ4n) is 3.43. The predicted octanol–water partition coefficient (Wildman–Crippen LogP) is 2.67. The number of carbonyl (C=O) groups is 3. The number of nitrogens with one attached hydrogen (secondary N) is 1. The molecule has 9 heteroatoms. The van der Waals surface area contributed by atoms with E-state index in [0.29, 0.717) is 24.4 Å². The number of aromatic nitrogens is 1. The second kappa shape index (κ2) is 6.99. The molecule has 2 atom stereocenters. The fourth-order valence-corrected chi connectivity index (χ4v) is 4.20. The summed E-state index contributed by atoms with van der Waals surface area (Å²) < 4.78 is 10.4. The Morgan fingerprint density at radius 2 is 2.12 bits per heavy atom. The van der Waals surface area contributed by atoms with Crippen molar-refractivity contribution in [2.45, 2.75) is 37.8 Å². The molecular formula is C17H17N3O5S. The molecule has 1 saturated heterocycles. The van der Waals surface area contributed by atoms with Crippen LogP contribution in [0.5, 0.6) is 0 Å². The summed E-state index contributed by atoms with van der Waals surface area (Å²) in [4.78, 5) is 38.0. The fraction of sp³-hybridized carbons (Fsp3) is 0.412. The highest BCUT2D eigenvalue weighted by Gasteiger charge is 2.41. The molecule has 1 aliphatic carbocycles. The lowest BCUT2D eigenvalue weighted by atomic mass is 9.89. The van der Waals surface area contributed by atoms with Crippen molar-refractivity contribution in [3.63, 3.8) is 0 Å². The van der Waals surface area contributed by atoms with Gasteiger partial charge in [0.05, 0.1) is 24.1 Å². The van der Waals surface area contributed by atoms with Crippen LogP contribution in [-0.4, -0.2) is 44.9 Å². The van der Waals surface area contributed by atoms with E-state index in [-0.39, 0.29) is 34.7 Å². The van der Waals surface area contributed by atoms with Gasteiger partial charge in [-0.3, -0.25) is 19.3 Å². The lowest BCUT2D eigenvalue weighted by Gasteiger charge is -2.36. The molecule has 3 amide bonds. The molecule has 0 spiro atoms. The quantitative estimate of drug-likeness (QED) is 0.875. The third kappa shape index (κ3) is 3.14. The van der Waals surface area contributed by atoms with Crippen molar-refractivity contribution in [3.05, 3.63) is 30.2 Å². The van der Waals surface area contributed by atoms with Crippen LogP contribution in [0, 0.1) is 0 Å². The van der Waals surface area contributed by atoms with Crippen LogP contribution in [0.15, 0.2) is 33.4 Å². The predicted molar refractivity (Wildman–Crippen MR) is 92.4 cm³/mol. The van der Waals surface area contributed by atoms with Gasteiger partial charge < -0.3 is 14.3 Å². The molecule has 3 heterocycles. The SMILES string of the molecule is O=C(N[C@H]1CCCC[C@@H]1N1C(=O)CSC1=O)c1cc(-c2ccco2)on1. The number of rotatable bonds is 4. The van der Waals surface area contributed by atoms with E-state index in [1.54, 1.807) is 12.1 Å². The van der Waals surface area contributed by atoms with Crippen LogP contribution < -0.4 is 5.32 Å². The summed E-state index contributed by atoms with van der Waals surface area (Å²) in [7, 11) is 0. The Hall–Kier alpha value is -2.55. The van der Waals surface area contributed by atoms with Crippen molar-refractivity contribution in [1.29, 1.82) is 0 Å². The first-order valence-electron chi connectivity index (χ1n) is 8.44. The van der Waals surface area contributed by atoms with E-state index in [1.807, 2.05) is 0 Å². The Morgan fingerprint density at radius 3 is 2.85 bits per heavy atom. The highest BCUT2D eigenvalue weighted by atomic mass is 32.2. The highest BCUT2D eigenvalue weighted by Crippen LogP contribution is 2.30. The number of furan rings is 1. The van der Waals surface area contributed by atoms with Crippen molar-refractivity contribution in [2.24, 2.45) is 0 Å². The van der Waals surface area contributed by atoms with E-state index < -0.39 is 5.91 Å². The van der Waals surface area contributed by atoms with Gasteiger partial charge in [0.25, 0.3) is 11.1 Å². The molecule has 2 aliphatic rings. The molecule has 26 heavy (non-hydrogen) atoms. The highest BCUT2D eigenvalue weighted by molar-refractivity contribution is 8.14. The van der Waals surface area contributed by atoms with Gasteiger partial charge in [0.2, 0.25) is 11.7 Å².